The van der Waals surface area contributed by atoms with Gasteiger partial charge in [0.2, 0.25) is 0 Å². The number of anilines is 2. The third kappa shape index (κ3) is 3.57. The van der Waals surface area contributed by atoms with Crippen LogP contribution in [0, 0.1) is 0 Å². The maximum Gasteiger partial charge on any atom is 0.343 e. The smallest absolute Gasteiger partial charge is 0.343 e. The lowest BCUT2D eigenvalue weighted by Gasteiger charge is -2.30. The third-order valence-corrected chi connectivity index (χ3v) is 6.11. The first-order valence-electron chi connectivity index (χ1n) is 11.0. The topological polar surface area (TPSA) is 117 Å². The molecule has 2 aromatic heterocycles. The van der Waals surface area contributed by atoms with Gasteiger partial charge in [-0.1, -0.05) is 42.5 Å². The molecule has 1 unspecified atom stereocenters. The van der Waals surface area contributed by atoms with E-state index in [2.05, 4.69) is 20.3 Å². The molecule has 1 atom stereocenters. The number of hydrogen-bond donors (Lipinski definition) is 3. The Balaban J connectivity index is 1.53. The molecule has 8 nitrogen and oxygen atoms in total. The molecule has 0 amide bonds. The highest BCUT2D eigenvalue weighted by molar-refractivity contribution is 5.94. The number of carbonyl (C=O) groups is 1. The van der Waals surface area contributed by atoms with E-state index in [1.807, 2.05) is 42.5 Å². The minimum atomic E-state index is -0.593. The molecule has 6 rings (SSSR count). The number of esters is 1. The van der Waals surface area contributed by atoms with Crippen molar-refractivity contribution >= 4 is 28.2 Å². The number of ether oxygens (including phenoxy) is 1. The molecule has 0 saturated carbocycles. The number of H-pyrrole nitrogens is 2. The Labute approximate surface area is 198 Å². The molecule has 3 heterocycles. The zero-order valence-electron chi connectivity index (χ0n) is 18.2. The van der Waals surface area contributed by atoms with Crippen LogP contribution in [-0.4, -0.2) is 20.9 Å². The molecule has 5 aromatic rings. The van der Waals surface area contributed by atoms with Gasteiger partial charge in [-0.2, -0.15) is 0 Å². The Kier molecular flexibility index (Phi) is 4.77. The van der Waals surface area contributed by atoms with Crippen LogP contribution in [0.3, 0.4) is 0 Å². The normalized spacial score (nSPS) is 14.0. The fourth-order valence-corrected chi connectivity index (χ4v) is 4.61. The SMILES string of the molecule is O=C(Oc1cccc(C2c3c([nH]c(=O)[nH]c3=O)Nc3ccc4ccccc4c32)c1)c1ccncc1. The Morgan fingerprint density at radius 3 is 2.54 bits per heavy atom. The number of hydrogen-bond acceptors (Lipinski definition) is 6. The predicted octanol–water partition coefficient (Wildman–Crippen LogP) is 4.07. The van der Waals surface area contributed by atoms with Crippen molar-refractivity contribution in [3.63, 3.8) is 0 Å². The standard InChI is InChI=1S/C27H18N4O4/c32-25-23-21(17-5-3-6-18(14-17)35-26(33)16-10-12-28-13-11-16)22-19-7-2-1-4-15(19)8-9-20(22)29-24(23)30-27(34)31-25/h1-14,21H,(H3,29,30,31,32,34). The molecule has 1 aliphatic rings. The fourth-order valence-electron chi connectivity index (χ4n) is 4.61. The van der Waals surface area contributed by atoms with Crippen molar-refractivity contribution in [1.29, 1.82) is 0 Å². The van der Waals surface area contributed by atoms with Crippen LogP contribution < -0.4 is 21.3 Å². The first-order valence-corrected chi connectivity index (χ1v) is 11.0. The van der Waals surface area contributed by atoms with E-state index in [4.69, 9.17) is 4.74 Å². The van der Waals surface area contributed by atoms with Crippen LogP contribution in [0.2, 0.25) is 0 Å². The van der Waals surface area contributed by atoms with Gasteiger partial charge in [-0.05, 0) is 52.2 Å². The quantitative estimate of drug-likeness (QED) is 0.270. The molecular formula is C27H18N4O4. The van der Waals surface area contributed by atoms with Gasteiger partial charge in [0.05, 0.1) is 11.1 Å². The molecule has 8 heteroatoms. The number of benzene rings is 3. The Morgan fingerprint density at radius 1 is 0.857 bits per heavy atom. The van der Waals surface area contributed by atoms with E-state index in [1.165, 1.54) is 12.4 Å². The number of nitrogens with zero attached hydrogens (tertiary/aromatic N) is 1. The van der Waals surface area contributed by atoms with Crippen LogP contribution in [-0.2, 0) is 0 Å². The zero-order chi connectivity index (χ0) is 23.9. The number of nitrogens with one attached hydrogen (secondary N) is 3. The van der Waals surface area contributed by atoms with E-state index in [9.17, 15) is 14.4 Å². The highest BCUT2D eigenvalue weighted by Crippen LogP contribution is 2.45. The summed E-state index contributed by atoms with van der Waals surface area (Å²) in [6.07, 6.45) is 3.04. The van der Waals surface area contributed by atoms with Crippen molar-refractivity contribution in [2.24, 2.45) is 0 Å². The summed E-state index contributed by atoms with van der Waals surface area (Å²) in [5.74, 6) is -0.353. The summed E-state index contributed by atoms with van der Waals surface area (Å²) in [6.45, 7) is 0. The van der Waals surface area contributed by atoms with Crippen LogP contribution >= 0.6 is 0 Å². The summed E-state index contributed by atoms with van der Waals surface area (Å²) in [5, 5.41) is 5.20. The zero-order valence-corrected chi connectivity index (χ0v) is 18.2. The summed E-state index contributed by atoms with van der Waals surface area (Å²) >= 11 is 0. The first-order chi connectivity index (χ1) is 17.1. The lowest BCUT2D eigenvalue weighted by Crippen LogP contribution is -2.32. The van der Waals surface area contributed by atoms with E-state index >= 15 is 0 Å². The first kappa shape index (κ1) is 20.6. The van der Waals surface area contributed by atoms with Gasteiger partial charge in [-0.15, -0.1) is 0 Å². The monoisotopic (exact) mass is 462 g/mol. The summed E-state index contributed by atoms with van der Waals surface area (Å²) < 4.78 is 5.62. The Morgan fingerprint density at radius 2 is 1.69 bits per heavy atom. The number of carbonyl (C=O) groups excluding carboxylic acids is 1. The van der Waals surface area contributed by atoms with E-state index in [1.54, 1.807) is 30.3 Å². The highest BCUT2D eigenvalue weighted by atomic mass is 16.5. The second kappa shape index (κ2) is 8.11. The average Bonchev–Trinajstić information content (AvgIpc) is 2.88. The maximum absolute atomic E-state index is 13.1. The number of fused-ring (bicyclic) bond motifs is 4. The van der Waals surface area contributed by atoms with E-state index in [-0.39, 0.29) is 0 Å². The van der Waals surface area contributed by atoms with E-state index < -0.39 is 23.1 Å². The fraction of sp³-hybridized carbons (Fsp3) is 0.0370. The van der Waals surface area contributed by atoms with Crippen molar-refractivity contribution in [2.75, 3.05) is 5.32 Å². The van der Waals surface area contributed by atoms with Gasteiger partial charge in [0.15, 0.2) is 0 Å². The number of aromatic nitrogens is 3. The molecule has 1 aliphatic heterocycles. The number of pyridine rings is 1. The summed E-state index contributed by atoms with van der Waals surface area (Å²) in [7, 11) is 0. The largest absolute Gasteiger partial charge is 0.423 e. The average molecular weight is 462 g/mol. The molecular weight excluding hydrogens is 444 g/mol. The van der Waals surface area contributed by atoms with Crippen molar-refractivity contribution in [3.8, 4) is 5.75 Å². The molecule has 0 spiro atoms. The second-order valence-corrected chi connectivity index (χ2v) is 8.20. The summed E-state index contributed by atoms with van der Waals surface area (Å²) in [6, 6.07) is 22.1. The summed E-state index contributed by atoms with van der Waals surface area (Å²) in [4.78, 5) is 46.7. The molecule has 0 saturated heterocycles. The van der Waals surface area contributed by atoms with E-state index in [0.29, 0.717) is 22.7 Å². The Bertz CT molecular complexity index is 1720. The lowest BCUT2D eigenvalue weighted by molar-refractivity contribution is 0.0734. The van der Waals surface area contributed by atoms with Crippen LogP contribution in [0.15, 0.2) is 94.8 Å². The predicted molar refractivity (Wildman–Crippen MR) is 131 cm³/mol. The molecule has 3 aromatic carbocycles. The summed E-state index contributed by atoms with van der Waals surface area (Å²) in [5.41, 5.74) is 2.09. The number of rotatable bonds is 3. The van der Waals surface area contributed by atoms with Crippen molar-refractivity contribution < 1.29 is 9.53 Å². The minimum Gasteiger partial charge on any atom is -0.423 e. The van der Waals surface area contributed by atoms with Gasteiger partial charge in [0.25, 0.3) is 5.56 Å². The third-order valence-electron chi connectivity index (χ3n) is 6.11. The van der Waals surface area contributed by atoms with Gasteiger partial charge in [-0.25, -0.2) is 9.59 Å². The van der Waals surface area contributed by atoms with Crippen molar-refractivity contribution in [3.05, 3.63) is 128 Å². The van der Waals surface area contributed by atoms with Crippen LogP contribution in [0.5, 0.6) is 5.75 Å². The molecule has 0 bridgehead atoms. The molecule has 0 fully saturated rings. The molecule has 170 valence electrons. The minimum absolute atomic E-state index is 0.339. The van der Waals surface area contributed by atoms with Crippen LogP contribution in [0.1, 0.15) is 33.0 Å². The van der Waals surface area contributed by atoms with Gasteiger partial charge in [0, 0.05) is 24.0 Å². The van der Waals surface area contributed by atoms with E-state index in [0.717, 1.165) is 27.6 Å². The van der Waals surface area contributed by atoms with Crippen LogP contribution in [0.25, 0.3) is 10.8 Å². The van der Waals surface area contributed by atoms with Gasteiger partial charge in [0.1, 0.15) is 11.6 Å². The lowest BCUT2D eigenvalue weighted by atomic mass is 9.80. The molecule has 3 N–H and O–H groups in total. The van der Waals surface area contributed by atoms with Gasteiger partial charge < -0.3 is 10.1 Å². The van der Waals surface area contributed by atoms with Gasteiger partial charge in [-0.3, -0.25) is 19.7 Å². The molecule has 0 aliphatic carbocycles. The van der Waals surface area contributed by atoms with Crippen molar-refractivity contribution in [1.82, 2.24) is 15.0 Å². The molecule has 35 heavy (non-hydrogen) atoms. The molecule has 0 radical (unpaired) electrons. The maximum atomic E-state index is 13.1. The van der Waals surface area contributed by atoms with Crippen LogP contribution in [0.4, 0.5) is 11.5 Å². The van der Waals surface area contributed by atoms with Crippen molar-refractivity contribution in [2.45, 2.75) is 5.92 Å². The number of aromatic amines is 2. The highest BCUT2D eigenvalue weighted by Gasteiger charge is 2.32. The van der Waals surface area contributed by atoms with Gasteiger partial charge >= 0.3 is 11.7 Å². The Hall–Kier alpha value is -4.98. The second-order valence-electron chi connectivity index (χ2n) is 8.20.